The average Bonchev–Trinajstić information content (AvgIpc) is 3.23. The molecule has 2 N–H and O–H groups in total. The van der Waals surface area contributed by atoms with Crippen molar-refractivity contribution < 1.29 is 32.9 Å². The summed E-state index contributed by atoms with van der Waals surface area (Å²) in [4.78, 5) is 25.4. The molecule has 0 aromatic heterocycles. The fraction of sp³-hybridized carbons (Fsp3) is 0.717. The van der Waals surface area contributed by atoms with Crippen molar-refractivity contribution in [2.24, 2.45) is 0 Å². The van der Waals surface area contributed by atoms with Crippen LogP contribution in [0.25, 0.3) is 0 Å². The fourth-order valence-electron chi connectivity index (χ4n) is 6.68. The van der Waals surface area contributed by atoms with E-state index in [1.165, 1.54) is 83.5 Å². The normalized spacial score (nSPS) is 14.9. The van der Waals surface area contributed by atoms with Gasteiger partial charge in [0.1, 0.15) is 13.2 Å². The van der Waals surface area contributed by atoms with Crippen molar-refractivity contribution in [2.75, 3.05) is 40.9 Å². The van der Waals surface area contributed by atoms with Gasteiger partial charge in [0.2, 0.25) is 5.91 Å². The van der Waals surface area contributed by atoms with Crippen molar-refractivity contribution in [2.45, 2.75) is 206 Å². The molecule has 3 atom stereocenters. The first-order valence-corrected chi connectivity index (χ1v) is 26.4. The van der Waals surface area contributed by atoms with E-state index in [-0.39, 0.29) is 12.5 Å². The number of rotatable bonds is 44. The number of aliphatic hydroxyl groups excluding tert-OH is 1. The van der Waals surface area contributed by atoms with Crippen LogP contribution >= 0.6 is 7.82 Å². The summed E-state index contributed by atoms with van der Waals surface area (Å²) in [6, 6.07) is -0.905. The number of aliphatic hydroxyl groups is 1. The standard InChI is InChI=1S/C53H95N2O6P/c1-6-8-10-12-14-16-18-20-22-24-25-26-27-28-29-31-33-35-37-39-41-43-45-47-53(57)54-51(50-61-62(58,59)60-49-48-55(3,4)5)52(56)46-44-42-40-38-36-34-32-30-23-21-19-17-15-13-11-9-7-2/h8,10,14,16,20,22,25-26,28-29,33,35,44,46,51-52,56H,6-7,9,11-13,15,17-19,21,23-24,27,30-32,34,36-43,45,47-50H2,1-5H3,(H-,54,57,58,59)/b10-8-,16-14-,22-20-,26-25-,29-28-,35-33-,46-44+. The monoisotopic (exact) mass is 887 g/mol. The smallest absolute Gasteiger partial charge is 0.268 e. The van der Waals surface area contributed by atoms with Crippen LogP contribution in [0.15, 0.2) is 85.1 Å². The molecule has 8 nitrogen and oxygen atoms in total. The number of unbranched alkanes of at least 4 members (excludes halogenated alkanes) is 19. The van der Waals surface area contributed by atoms with E-state index in [9.17, 15) is 19.4 Å². The van der Waals surface area contributed by atoms with Crippen LogP contribution in [-0.4, -0.2) is 68.5 Å². The second-order valence-corrected chi connectivity index (χ2v) is 19.2. The van der Waals surface area contributed by atoms with Gasteiger partial charge in [0.05, 0.1) is 39.9 Å². The number of carbonyl (C=O) groups is 1. The molecule has 0 bridgehead atoms. The first-order chi connectivity index (χ1) is 30.0. The molecule has 0 aliphatic heterocycles. The van der Waals surface area contributed by atoms with E-state index in [4.69, 9.17) is 9.05 Å². The van der Waals surface area contributed by atoms with Crippen LogP contribution in [0.2, 0.25) is 0 Å². The minimum Gasteiger partial charge on any atom is -0.756 e. The Labute approximate surface area is 382 Å². The van der Waals surface area contributed by atoms with Crippen molar-refractivity contribution in [1.29, 1.82) is 0 Å². The molecule has 0 spiro atoms. The van der Waals surface area contributed by atoms with Gasteiger partial charge >= 0.3 is 0 Å². The Morgan fingerprint density at radius 3 is 1.44 bits per heavy atom. The van der Waals surface area contributed by atoms with Gasteiger partial charge in [-0.3, -0.25) is 9.36 Å². The summed E-state index contributed by atoms with van der Waals surface area (Å²) in [5.74, 6) is -0.225. The van der Waals surface area contributed by atoms with Gasteiger partial charge in [0.15, 0.2) is 0 Å². The van der Waals surface area contributed by atoms with Crippen LogP contribution in [0.1, 0.15) is 194 Å². The Hall–Kier alpha value is -2.32. The second kappa shape index (κ2) is 43.9. The third-order valence-electron chi connectivity index (χ3n) is 10.6. The molecular weight excluding hydrogens is 792 g/mol. The number of phosphoric acid groups is 1. The fourth-order valence-corrected chi connectivity index (χ4v) is 7.41. The van der Waals surface area contributed by atoms with Crippen LogP contribution in [0.3, 0.4) is 0 Å². The molecule has 62 heavy (non-hydrogen) atoms. The lowest BCUT2D eigenvalue weighted by Crippen LogP contribution is -2.45. The van der Waals surface area contributed by atoms with Crippen LogP contribution < -0.4 is 10.2 Å². The quantitative estimate of drug-likeness (QED) is 0.0273. The largest absolute Gasteiger partial charge is 0.756 e. The first-order valence-electron chi connectivity index (χ1n) is 24.9. The molecule has 0 saturated carbocycles. The lowest BCUT2D eigenvalue weighted by atomic mass is 10.0. The highest BCUT2D eigenvalue weighted by Crippen LogP contribution is 2.38. The van der Waals surface area contributed by atoms with E-state index in [0.717, 1.165) is 89.9 Å². The zero-order chi connectivity index (χ0) is 45.7. The summed E-state index contributed by atoms with van der Waals surface area (Å²) in [7, 11) is 1.23. The molecule has 0 rings (SSSR count). The number of likely N-dealkylation sites (N-methyl/N-ethyl adjacent to an activating group) is 1. The Bertz CT molecular complexity index is 1280. The van der Waals surface area contributed by atoms with Crippen molar-refractivity contribution in [3.05, 3.63) is 85.1 Å². The second-order valence-electron chi connectivity index (χ2n) is 17.8. The molecular formula is C53H95N2O6P. The first kappa shape index (κ1) is 59.7. The van der Waals surface area contributed by atoms with Crippen molar-refractivity contribution in [3.63, 3.8) is 0 Å². The Balaban J connectivity index is 4.42. The summed E-state index contributed by atoms with van der Waals surface area (Å²) < 4.78 is 23.3. The topological polar surface area (TPSA) is 108 Å². The van der Waals surface area contributed by atoms with Gasteiger partial charge in [0.25, 0.3) is 7.82 Å². The number of nitrogens with zero attached hydrogens (tertiary/aromatic N) is 1. The van der Waals surface area contributed by atoms with E-state index in [2.05, 4.69) is 92.1 Å². The summed E-state index contributed by atoms with van der Waals surface area (Å²) in [5, 5.41) is 13.8. The zero-order valence-corrected chi connectivity index (χ0v) is 41.4. The molecule has 0 saturated heterocycles. The SMILES string of the molecule is CC/C=C\C/C=C\C/C=C\C/C=C\C/C=C\C/C=C\CCCCCCC(=O)NC(COP(=O)([O-])OCC[N+](C)(C)C)C(O)/C=C/CCCCCCCCCCCCCCCCC. The highest BCUT2D eigenvalue weighted by atomic mass is 31.2. The number of hydrogen-bond donors (Lipinski definition) is 2. The number of nitrogens with one attached hydrogen (secondary N) is 1. The Kier molecular flexibility index (Phi) is 42.3. The minimum atomic E-state index is -4.60. The highest BCUT2D eigenvalue weighted by Gasteiger charge is 2.23. The number of quaternary nitrogens is 1. The van der Waals surface area contributed by atoms with Crippen molar-refractivity contribution in [1.82, 2.24) is 5.32 Å². The van der Waals surface area contributed by atoms with E-state index in [1.54, 1.807) is 6.08 Å². The maximum atomic E-state index is 12.9. The van der Waals surface area contributed by atoms with Gasteiger partial charge < -0.3 is 28.8 Å². The third kappa shape index (κ3) is 45.7. The summed E-state index contributed by atoms with van der Waals surface area (Å²) >= 11 is 0. The van der Waals surface area contributed by atoms with Crippen LogP contribution in [0.4, 0.5) is 0 Å². The molecule has 0 heterocycles. The number of phosphoric ester groups is 1. The molecule has 0 aromatic rings. The van der Waals surface area contributed by atoms with Crippen molar-refractivity contribution in [3.8, 4) is 0 Å². The number of carbonyl (C=O) groups excluding carboxylic acids is 1. The van der Waals surface area contributed by atoms with E-state index >= 15 is 0 Å². The summed E-state index contributed by atoms with van der Waals surface area (Å²) in [6.45, 7) is 4.50. The lowest BCUT2D eigenvalue weighted by molar-refractivity contribution is -0.870. The number of amides is 1. The average molecular weight is 887 g/mol. The van der Waals surface area contributed by atoms with E-state index in [0.29, 0.717) is 17.4 Å². The molecule has 3 unspecified atom stereocenters. The predicted molar refractivity (Wildman–Crippen MR) is 265 cm³/mol. The lowest BCUT2D eigenvalue weighted by Gasteiger charge is -2.29. The van der Waals surface area contributed by atoms with Gasteiger partial charge in [-0.15, -0.1) is 0 Å². The van der Waals surface area contributed by atoms with E-state index < -0.39 is 26.6 Å². The number of allylic oxidation sites excluding steroid dienone is 13. The van der Waals surface area contributed by atoms with Gasteiger partial charge in [-0.05, 0) is 70.6 Å². The van der Waals surface area contributed by atoms with Crippen LogP contribution in [0, 0.1) is 0 Å². The van der Waals surface area contributed by atoms with E-state index in [1.807, 2.05) is 27.2 Å². The molecule has 0 aromatic carbocycles. The Morgan fingerprint density at radius 1 is 0.581 bits per heavy atom. The summed E-state index contributed by atoms with van der Waals surface area (Å²) in [5.41, 5.74) is 0. The molecule has 0 radical (unpaired) electrons. The predicted octanol–water partition coefficient (Wildman–Crippen LogP) is 13.9. The van der Waals surface area contributed by atoms with Crippen LogP contribution in [-0.2, 0) is 18.4 Å². The molecule has 0 aliphatic rings. The minimum absolute atomic E-state index is 0.0108. The van der Waals surface area contributed by atoms with Gasteiger partial charge in [-0.2, -0.15) is 0 Å². The van der Waals surface area contributed by atoms with Crippen LogP contribution in [0.5, 0.6) is 0 Å². The summed E-state index contributed by atoms with van der Waals surface area (Å²) in [6.07, 6.45) is 60.6. The number of hydrogen-bond acceptors (Lipinski definition) is 6. The van der Waals surface area contributed by atoms with Gasteiger partial charge in [-0.1, -0.05) is 202 Å². The third-order valence-corrected chi connectivity index (χ3v) is 11.6. The highest BCUT2D eigenvalue weighted by molar-refractivity contribution is 7.45. The maximum absolute atomic E-state index is 12.9. The molecule has 9 heteroatoms. The molecule has 358 valence electrons. The molecule has 1 amide bonds. The maximum Gasteiger partial charge on any atom is 0.268 e. The van der Waals surface area contributed by atoms with Gasteiger partial charge in [-0.25, -0.2) is 0 Å². The van der Waals surface area contributed by atoms with Gasteiger partial charge in [0, 0.05) is 6.42 Å². The Morgan fingerprint density at radius 2 is 0.984 bits per heavy atom. The zero-order valence-electron chi connectivity index (χ0n) is 40.5. The molecule has 0 aliphatic carbocycles. The van der Waals surface area contributed by atoms with Crippen molar-refractivity contribution >= 4 is 13.7 Å². The molecule has 0 fully saturated rings.